The van der Waals surface area contributed by atoms with Crippen molar-refractivity contribution in [2.75, 3.05) is 12.9 Å². The minimum absolute atomic E-state index is 0.198. The van der Waals surface area contributed by atoms with Crippen LogP contribution in [0.4, 0.5) is 0 Å². The maximum absolute atomic E-state index is 12.0. The molecule has 3 rings (SSSR count). The molecule has 134 valence electrons. The molecule has 1 heterocycles. The molecule has 26 heavy (non-hydrogen) atoms. The fourth-order valence-corrected chi connectivity index (χ4v) is 3.23. The number of hydrazone groups is 1. The van der Waals surface area contributed by atoms with Gasteiger partial charge < -0.3 is 9.84 Å². The fraction of sp³-hybridized carbons (Fsp3) is 0.167. The van der Waals surface area contributed by atoms with Gasteiger partial charge in [0.05, 0.1) is 26.1 Å². The van der Waals surface area contributed by atoms with Gasteiger partial charge in [0.15, 0.2) is 11.0 Å². The number of rotatable bonds is 6. The smallest absolute Gasteiger partial charge is 0.317 e. The summed E-state index contributed by atoms with van der Waals surface area (Å²) in [5, 5.41) is 16.3. The highest BCUT2D eigenvalue weighted by Crippen LogP contribution is 2.22. The van der Waals surface area contributed by atoms with Gasteiger partial charge in [0, 0.05) is 0 Å². The molecule has 2 aromatic carbocycles. The molecule has 0 bridgehead atoms. The van der Waals surface area contributed by atoms with Gasteiger partial charge in [0.1, 0.15) is 5.75 Å². The summed E-state index contributed by atoms with van der Waals surface area (Å²) in [4.78, 5) is 15.2. The average molecular weight is 370 g/mol. The van der Waals surface area contributed by atoms with Gasteiger partial charge in [-0.3, -0.25) is 4.79 Å². The molecule has 8 heteroatoms. The maximum atomic E-state index is 12.0. The molecule has 0 unspecified atom stereocenters. The first-order valence-corrected chi connectivity index (χ1v) is 8.83. The van der Waals surface area contributed by atoms with Gasteiger partial charge in [0.2, 0.25) is 0 Å². The molecule has 0 aliphatic carbocycles. The van der Waals surface area contributed by atoms with Gasteiger partial charge in [-0.05, 0) is 35.5 Å². The summed E-state index contributed by atoms with van der Waals surface area (Å²) in [6.07, 6.45) is 1.47. The van der Waals surface area contributed by atoms with Crippen LogP contribution < -0.4 is 19.8 Å². The second-order valence-electron chi connectivity index (χ2n) is 5.50. The number of fused-ring (bicyclic) bond motifs is 1. The lowest BCUT2D eigenvalue weighted by molar-refractivity contribution is -0.683. The number of hydrogen-bond acceptors (Lipinski definition) is 5. The quantitative estimate of drug-likeness (QED) is 0.296. The molecule has 2 N–H and O–H groups in total. The van der Waals surface area contributed by atoms with Crippen LogP contribution in [0, 0.1) is 0 Å². The van der Waals surface area contributed by atoms with Gasteiger partial charge in [-0.1, -0.05) is 30.0 Å². The van der Waals surface area contributed by atoms with E-state index in [1.54, 1.807) is 12.1 Å². The molecule has 0 saturated carbocycles. The number of nitrogens with zero attached hydrogens (tertiary/aromatic N) is 2. The third kappa shape index (κ3) is 3.97. The Morgan fingerprint density at radius 3 is 2.96 bits per heavy atom. The van der Waals surface area contributed by atoms with Crippen LogP contribution >= 0.6 is 11.8 Å². The van der Waals surface area contributed by atoms with E-state index in [2.05, 4.69) is 15.5 Å². The third-order valence-corrected chi connectivity index (χ3v) is 4.80. The number of carbonyl (C=O) groups is 1. The van der Waals surface area contributed by atoms with Crippen molar-refractivity contribution >= 4 is 34.9 Å². The zero-order chi connectivity index (χ0) is 18.5. The third-order valence-electron chi connectivity index (χ3n) is 3.74. The fourth-order valence-electron chi connectivity index (χ4n) is 2.42. The van der Waals surface area contributed by atoms with Gasteiger partial charge in [-0.15, -0.1) is 0 Å². The number of para-hydroxylation sites is 2. The van der Waals surface area contributed by atoms with Crippen molar-refractivity contribution in [1.29, 1.82) is 0 Å². The number of aromatic amines is 1. The van der Waals surface area contributed by atoms with Crippen LogP contribution in [0.5, 0.6) is 11.5 Å². The first-order valence-electron chi connectivity index (χ1n) is 7.85. The number of hydrogen-bond donors (Lipinski definition) is 2. The maximum Gasteiger partial charge on any atom is 0.317 e. The van der Waals surface area contributed by atoms with Crippen LogP contribution in [0.25, 0.3) is 11.0 Å². The molecule has 7 nitrogen and oxygen atoms in total. The summed E-state index contributed by atoms with van der Waals surface area (Å²) in [5.74, 6) is 0.0385. The monoisotopic (exact) mass is 370 g/mol. The summed E-state index contributed by atoms with van der Waals surface area (Å²) in [6, 6.07) is 12.5. The Morgan fingerprint density at radius 1 is 1.38 bits per heavy atom. The van der Waals surface area contributed by atoms with E-state index in [4.69, 9.17) is 4.74 Å². The second-order valence-corrected chi connectivity index (χ2v) is 6.46. The minimum Gasteiger partial charge on any atom is -0.870 e. The summed E-state index contributed by atoms with van der Waals surface area (Å²) in [5.41, 5.74) is 5.23. The molecule has 1 aromatic heterocycles. The summed E-state index contributed by atoms with van der Waals surface area (Å²) < 4.78 is 6.97. The van der Waals surface area contributed by atoms with Crippen LogP contribution in [0.3, 0.4) is 0 Å². The standard InChI is InChI=1S/C18H18N4O3S/c1-22-14-6-4-3-5-13(14)20-18(22)26-11-17(24)21-19-10-12-7-8-15(23)16(9-12)25-2/h3-10H,11H2,1-2H3,(H2,19,21,23,24). The zero-order valence-corrected chi connectivity index (χ0v) is 15.2. The lowest BCUT2D eigenvalue weighted by Gasteiger charge is -2.11. The topological polar surface area (TPSA) is 93.4 Å². The average Bonchev–Trinajstić information content (AvgIpc) is 2.97. The lowest BCUT2D eigenvalue weighted by Crippen LogP contribution is -2.30. The molecule has 0 spiro atoms. The molecular formula is C18H18N4O3S. The normalized spacial score (nSPS) is 11.2. The number of carbonyl (C=O) groups excluding carboxylic acids is 1. The van der Waals surface area contributed by atoms with E-state index in [-0.39, 0.29) is 23.2 Å². The number of methoxy groups -OCH3 is 1. The van der Waals surface area contributed by atoms with Crippen molar-refractivity contribution in [3.05, 3.63) is 48.0 Å². The van der Waals surface area contributed by atoms with Crippen molar-refractivity contribution < 1.29 is 19.2 Å². The largest absolute Gasteiger partial charge is 0.870 e. The summed E-state index contributed by atoms with van der Waals surface area (Å²) >= 11 is 1.40. The second kappa shape index (κ2) is 7.92. The van der Waals surface area contributed by atoms with Crippen LogP contribution in [-0.2, 0) is 11.8 Å². The predicted molar refractivity (Wildman–Crippen MR) is 98.4 cm³/mol. The highest BCUT2D eigenvalue weighted by atomic mass is 32.2. The van der Waals surface area contributed by atoms with E-state index in [1.807, 2.05) is 35.9 Å². The number of benzene rings is 2. The van der Waals surface area contributed by atoms with Crippen molar-refractivity contribution in [2.45, 2.75) is 5.16 Å². The van der Waals surface area contributed by atoms with E-state index in [0.717, 1.165) is 16.2 Å². The van der Waals surface area contributed by atoms with E-state index >= 15 is 0 Å². The van der Waals surface area contributed by atoms with E-state index in [1.165, 1.54) is 31.2 Å². The summed E-state index contributed by atoms with van der Waals surface area (Å²) in [7, 11) is 3.38. The molecular weight excluding hydrogens is 352 g/mol. The van der Waals surface area contributed by atoms with Gasteiger partial charge in [-0.25, -0.2) is 15.0 Å². The van der Waals surface area contributed by atoms with Gasteiger partial charge in [-0.2, -0.15) is 5.10 Å². The lowest BCUT2D eigenvalue weighted by atomic mass is 10.2. The number of aromatic nitrogens is 2. The molecule has 0 fully saturated rings. The Balaban J connectivity index is 1.56. The van der Waals surface area contributed by atoms with E-state index in [9.17, 15) is 9.90 Å². The number of amides is 1. The van der Waals surface area contributed by atoms with Crippen LogP contribution in [0.2, 0.25) is 0 Å². The highest BCUT2D eigenvalue weighted by Gasteiger charge is 2.16. The van der Waals surface area contributed by atoms with Crippen molar-refractivity contribution in [3.63, 3.8) is 0 Å². The van der Waals surface area contributed by atoms with Gasteiger partial charge in [0.25, 0.3) is 5.91 Å². The zero-order valence-electron chi connectivity index (χ0n) is 14.4. The Labute approximate surface area is 154 Å². The Kier molecular flexibility index (Phi) is 5.43. The predicted octanol–water partition coefficient (Wildman–Crippen LogP) is 1.32. The van der Waals surface area contributed by atoms with Crippen molar-refractivity contribution in [2.24, 2.45) is 12.1 Å². The van der Waals surface area contributed by atoms with Crippen LogP contribution in [-0.4, -0.2) is 30.0 Å². The Hall–Kier alpha value is -3.00. The molecule has 3 aromatic rings. The van der Waals surface area contributed by atoms with Crippen LogP contribution in [0.15, 0.2) is 52.7 Å². The number of aryl methyl sites for hydroxylation is 1. The number of imidazole rings is 1. The van der Waals surface area contributed by atoms with E-state index in [0.29, 0.717) is 5.56 Å². The van der Waals surface area contributed by atoms with E-state index < -0.39 is 0 Å². The minimum atomic E-state index is -0.225. The Morgan fingerprint density at radius 2 is 2.19 bits per heavy atom. The first-order chi connectivity index (χ1) is 12.6. The Bertz CT molecular complexity index is 968. The molecule has 0 saturated heterocycles. The number of ether oxygens (including phenoxy) is 1. The van der Waals surface area contributed by atoms with Gasteiger partial charge >= 0.3 is 5.16 Å². The van der Waals surface area contributed by atoms with Crippen molar-refractivity contribution in [1.82, 2.24) is 10.4 Å². The van der Waals surface area contributed by atoms with Crippen molar-refractivity contribution in [3.8, 4) is 11.5 Å². The first kappa shape index (κ1) is 17.8. The summed E-state index contributed by atoms with van der Waals surface area (Å²) in [6.45, 7) is 0. The molecule has 0 atom stereocenters. The number of H-pyrrole nitrogens is 1. The molecule has 0 aliphatic rings. The molecule has 0 aliphatic heterocycles. The van der Waals surface area contributed by atoms with Crippen LogP contribution in [0.1, 0.15) is 5.56 Å². The molecule has 1 amide bonds. The number of thioether (sulfide) groups is 1. The highest BCUT2D eigenvalue weighted by molar-refractivity contribution is 7.99. The number of nitrogens with one attached hydrogen (secondary N) is 2. The molecule has 0 radical (unpaired) electrons. The SMILES string of the molecule is COc1cc(C=NNC(=O)CSc2[nH]c3ccccc3[n+]2C)ccc1[O-].